The molecule has 0 aromatic rings. The van der Waals surface area contributed by atoms with E-state index in [0.29, 0.717) is 17.9 Å². The lowest BCUT2D eigenvalue weighted by atomic mass is 9.87. The maximum Gasteiger partial charge on any atom is 0.225 e. The minimum absolute atomic E-state index is 0.298. The van der Waals surface area contributed by atoms with Crippen molar-refractivity contribution in [1.29, 1.82) is 0 Å². The standard InChI is InChI=1S/C8H13NO/c10-8-6-4-2-1-3-5-7(6)9-8/h6-7H,1-5H2,(H,9,10)/t6-,7-/m0/s1. The third-order valence-electron chi connectivity index (χ3n) is 2.68. The second-order valence-electron chi connectivity index (χ2n) is 3.36. The Hall–Kier alpha value is -0.530. The van der Waals surface area contributed by atoms with Crippen molar-refractivity contribution < 1.29 is 4.79 Å². The minimum Gasteiger partial charge on any atom is -0.352 e. The summed E-state index contributed by atoms with van der Waals surface area (Å²) in [6.45, 7) is 0. The average molecular weight is 139 g/mol. The Kier molecular flexibility index (Phi) is 1.40. The molecule has 2 rings (SSSR count). The van der Waals surface area contributed by atoms with E-state index >= 15 is 0 Å². The predicted octanol–water partition coefficient (Wildman–Crippen LogP) is 1.07. The summed E-state index contributed by atoms with van der Waals surface area (Å²) in [7, 11) is 0. The van der Waals surface area contributed by atoms with Gasteiger partial charge < -0.3 is 5.32 Å². The van der Waals surface area contributed by atoms with E-state index in [9.17, 15) is 4.79 Å². The third kappa shape index (κ3) is 0.825. The monoisotopic (exact) mass is 139 g/mol. The number of rotatable bonds is 0. The Balaban J connectivity index is 1.99. The summed E-state index contributed by atoms with van der Waals surface area (Å²) in [5.74, 6) is 0.689. The zero-order valence-electron chi connectivity index (χ0n) is 6.10. The molecule has 2 nitrogen and oxygen atoms in total. The summed E-state index contributed by atoms with van der Waals surface area (Å²) in [4.78, 5) is 10.9. The van der Waals surface area contributed by atoms with Crippen molar-refractivity contribution in [2.75, 3.05) is 0 Å². The molecule has 0 radical (unpaired) electrons. The van der Waals surface area contributed by atoms with Crippen LogP contribution in [0.4, 0.5) is 0 Å². The van der Waals surface area contributed by atoms with Gasteiger partial charge in [0, 0.05) is 6.04 Å². The van der Waals surface area contributed by atoms with Crippen molar-refractivity contribution >= 4 is 5.91 Å². The highest BCUT2D eigenvalue weighted by atomic mass is 16.2. The molecular formula is C8H13NO. The predicted molar refractivity (Wildman–Crippen MR) is 38.5 cm³/mol. The first-order valence-corrected chi connectivity index (χ1v) is 4.18. The lowest BCUT2D eigenvalue weighted by molar-refractivity contribution is -0.135. The van der Waals surface area contributed by atoms with Crippen LogP contribution in [0.2, 0.25) is 0 Å². The molecule has 1 heterocycles. The Bertz CT molecular complexity index is 155. The molecule has 1 N–H and O–H groups in total. The van der Waals surface area contributed by atoms with Gasteiger partial charge in [-0.15, -0.1) is 0 Å². The second-order valence-corrected chi connectivity index (χ2v) is 3.36. The van der Waals surface area contributed by atoms with E-state index in [-0.39, 0.29) is 0 Å². The number of carbonyl (C=O) groups is 1. The molecule has 2 aliphatic rings. The normalized spacial score (nSPS) is 39.0. The second kappa shape index (κ2) is 2.26. The minimum atomic E-state index is 0.298. The zero-order chi connectivity index (χ0) is 6.97. The number of amides is 1. The quantitative estimate of drug-likeness (QED) is 0.500. The summed E-state index contributed by atoms with van der Waals surface area (Å²) < 4.78 is 0. The van der Waals surface area contributed by atoms with E-state index in [1.165, 1.54) is 25.7 Å². The van der Waals surface area contributed by atoms with Crippen LogP contribution in [0.5, 0.6) is 0 Å². The summed E-state index contributed by atoms with van der Waals surface area (Å²) in [5.41, 5.74) is 0. The number of hydrogen-bond acceptors (Lipinski definition) is 1. The maximum absolute atomic E-state index is 10.9. The highest BCUT2D eigenvalue weighted by Crippen LogP contribution is 2.29. The van der Waals surface area contributed by atoms with Gasteiger partial charge in [-0.2, -0.15) is 0 Å². The lowest BCUT2D eigenvalue weighted by Gasteiger charge is -2.35. The van der Waals surface area contributed by atoms with E-state index in [4.69, 9.17) is 0 Å². The van der Waals surface area contributed by atoms with Gasteiger partial charge in [0.1, 0.15) is 0 Å². The molecule has 2 heteroatoms. The lowest BCUT2D eigenvalue weighted by Crippen LogP contribution is -2.57. The topological polar surface area (TPSA) is 29.1 Å². The molecule has 0 aromatic carbocycles. The molecule has 0 spiro atoms. The molecule has 0 unspecified atom stereocenters. The molecule has 1 aliphatic carbocycles. The molecule has 0 aromatic heterocycles. The van der Waals surface area contributed by atoms with Gasteiger partial charge in [0.15, 0.2) is 0 Å². The number of carbonyl (C=O) groups excluding carboxylic acids is 1. The maximum atomic E-state index is 10.9. The highest BCUT2D eigenvalue weighted by Gasteiger charge is 2.38. The Morgan fingerprint density at radius 2 is 2.00 bits per heavy atom. The Morgan fingerprint density at radius 3 is 2.80 bits per heavy atom. The van der Waals surface area contributed by atoms with Gasteiger partial charge in [0.05, 0.1) is 5.92 Å². The van der Waals surface area contributed by atoms with Crippen LogP contribution in [-0.2, 0) is 4.79 Å². The van der Waals surface area contributed by atoms with Crippen molar-refractivity contribution in [3.63, 3.8) is 0 Å². The molecule has 1 aliphatic heterocycles. The summed E-state index contributed by atoms with van der Waals surface area (Å²) in [6.07, 6.45) is 6.24. The summed E-state index contributed by atoms with van der Waals surface area (Å²) in [6, 6.07) is 0.551. The molecular weight excluding hydrogens is 126 g/mol. The van der Waals surface area contributed by atoms with Crippen molar-refractivity contribution in [3.05, 3.63) is 0 Å². The van der Waals surface area contributed by atoms with Gasteiger partial charge in [0.25, 0.3) is 0 Å². The number of β-lactam (4-membered cyclic amide) rings is 1. The van der Waals surface area contributed by atoms with Gasteiger partial charge in [-0.3, -0.25) is 4.79 Å². The zero-order valence-corrected chi connectivity index (χ0v) is 6.10. The Labute approximate surface area is 61.0 Å². The number of fused-ring (bicyclic) bond motifs is 1. The molecule has 10 heavy (non-hydrogen) atoms. The number of hydrogen-bond donors (Lipinski definition) is 1. The van der Waals surface area contributed by atoms with E-state index in [2.05, 4.69) is 5.32 Å². The molecule has 56 valence electrons. The first-order valence-electron chi connectivity index (χ1n) is 4.18. The van der Waals surface area contributed by atoms with Crippen molar-refractivity contribution in [2.45, 2.75) is 38.1 Å². The fourth-order valence-electron chi connectivity index (χ4n) is 1.99. The molecule has 2 atom stereocenters. The van der Waals surface area contributed by atoms with Gasteiger partial charge in [0.2, 0.25) is 5.91 Å². The van der Waals surface area contributed by atoms with Crippen LogP contribution in [0.25, 0.3) is 0 Å². The SMILES string of the molecule is O=C1N[C@H]2CCCCC[C@H]12. The molecule has 0 bridgehead atoms. The van der Waals surface area contributed by atoms with E-state index in [1.54, 1.807) is 0 Å². The van der Waals surface area contributed by atoms with Crippen molar-refractivity contribution in [2.24, 2.45) is 5.92 Å². The van der Waals surface area contributed by atoms with E-state index < -0.39 is 0 Å². The largest absolute Gasteiger partial charge is 0.352 e. The summed E-state index contributed by atoms with van der Waals surface area (Å²) >= 11 is 0. The molecule has 1 amide bonds. The van der Waals surface area contributed by atoms with E-state index in [0.717, 1.165) is 6.42 Å². The number of nitrogens with one attached hydrogen (secondary N) is 1. The van der Waals surface area contributed by atoms with Crippen LogP contribution in [0.1, 0.15) is 32.1 Å². The van der Waals surface area contributed by atoms with Gasteiger partial charge >= 0.3 is 0 Å². The van der Waals surface area contributed by atoms with Crippen LogP contribution in [0.15, 0.2) is 0 Å². The van der Waals surface area contributed by atoms with Crippen LogP contribution in [0, 0.1) is 5.92 Å². The van der Waals surface area contributed by atoms with Crippen LogP contribution in [0.3, 0.4) is 0 Å². The van der Waals surface area contributed by atoms with Crippen LogP contribution in [-0.4, -0.2) is 11.9 Å². The van der Waals surface area contributed by atoms with Crippen LogP contribution < -0.4 is 5.32 Å². The van der Waals surface area contributed by atoms with E-state index in [1.807, 2.05) is 0 Å². The van der Waals surface area contributed by atoms with Crippen molar-refractivity contribution in [3.8, 4) is 0 Å². The van der Waals surface area contributed by atoms with Gasteiger partial charge in [-0.1, -0.05) is 19.3 Å². The highest BCUT2D eigenvalue weighted by molar-refractivity contribution is 5.85. The average Bonchev–Trinajstić information content (AvgIpc) is 2.09. The first kappa shape index (κ1) is 6.20. The summed E-state index contributed by atoms with van der Waals surface area (Å²) in [5, 5.41) is 2.95. The fourth-order valence-corrected chi connectivity index (χ4v) is 1.99. The smallest absolute Gasteiger partial charge is 0.225 e. The van der Waals surface area contributed by atoms with Crippen LogP contribution >= 0.6 is 0 Å². The van der Waals surface area contributed by atoms with Gasteiger partial charge in [-0.05, 0) is 12.8 Å². The molecule has 1 saturated heterocycles. The first-order chi connectivity index (χ1) is 4.88. The Morgan fingerprint density at radius 1 is 1.20 bits per heavy atom. The van der Waals surface area contributed by atoms with Gasteiger partial charge in [-0.25, -0.2) is 0 Å². The van der Waals surface area contributed by atoms with Crippen molar-refractivity contribution in [1.82, 2.24) is 5.32 Å². The fraction of sp³-hybridized carbons (Fsp3) is 0.875. The molecule has 2 fully saturated rings. The third-order valence-corrected chi connectivity index (χ3v) is 2.68. The molecule has 1 saturated carbocycles.